The van der Waals surface area contributed by atoms with Gasteiger partial charge in [0.25, 0.3) is 0 Å². The van der Waals surface area contributed by atoms with Crippen molar-refractivity contribution in [2.75, 3.05) is 4.90 Å². The number of rotatable bonds is 7. The number of anilines is 2. The van der Waals surface area contributed by atoms with Gasteiger partial charge < -0.3 is 4.90 Å². The van der Waals surface area contributed by atoms with Crippen molar-refractivity contribution in [3.05, 3.63) is 199 Å². The zero-order chi connectivity index (χ0) is 46.6. The molecule has 0 amide bonds. The van der Waals surface area contributed by atoms with Crippen LogP contribution in [0, 0.1) is 0 Å². The van der Waals surface area contributed by atoms with Crippen molar-refractivity contribution in [3.63, 3.8) is 0 Å². The summed E-state index contributed by atoms with van der Waals surface area (Å²) in [4.78, 5) is 13.2. The van der Waals surface area contributed by atoms with Gasteiger partial charge in [0.15, 0.2) is 8.07 Å². The highest BCUT2D eigenvalue weighted by Gasteiger charge is 2.58. The molecule has 1 aliphatic heterocycles. The summed E-state index contributed by atoms with van der Waals surface area (Å²) >= 11 is 0. The van der Waals surface area contributed by atoms with Gasteiger partial charge in [-0.3, -0.25) is 4.57 Å². The molecule has 2 aliphatic rings. The van der Waals surface area contributed by atoms with Gasteiger partial charge in [-0.2, -0.15) is 4.98 Å². The summed E-state index contributed by atoms with van der Waals surface area (Å²) in [6, 6.07) is 47.3. The molecule has 0 bridgehead atoms. The van der Waals surface area contributed by atoms with Crippen molar-refractivity contribution in [3.8, 4) is 17.1 Å². The van der Waals surface area contributed by atoms with E-state index in [4.69, 9.17) is 18.2 Å². The van der Waals surface area contributed by atoms with Gasteiger partial charge >= 0.3 is 0 Å². The van der Waals surface area contributed by atoms with Gasteiger partial charge in [0.2, 0.25) is 5.95 Å². The maximum absolute atomic E-state index is 9.37. The predicted octanol–water partition coefficient (Wildman–Crippen LogP) is 10.4. The Hall–Kier alpha value is -6.56. The average Bonchev–Trinajstić information content (AvgIpc) is 3.83. The molecular formula is C54H46N4Si. The van der Waals surface area contributed by atoms with Crippen LogP contribution in [0.2, 0.25) is 0 Å². The molecule has 2 unspecified atom stereocenters. The van der Waals surface area contributed by atoms with Crippen LogP contribution < -0.4 is 25.6 Å². The Labute approximate surface area is 358 Å². The molecule has 11 rings (SSSR count). The zero-order valence-electron chi connectivity index (χ0n) is 41.0. The first-order chi connectivity index (χ1) is 32.3. The molecule has 2 aromatic heterocycles. The third kappa shape index (κ3) is 5.27. The number of fused-ring (bicyclic) bond motifs is 6. The quantitative estimate of drug-likeness (QED) is 0.119. The first-order valence-electron chi connectivity index (χ1n) is 24.4. The topological polar surface area (TPSA) is 34.0 Å². The molecule has 1 fully saturated rings. The Bertz CT molecular complexity index is 3290. The molecule has 286 valence electrons. The third-order valence-electron chi connectivity index (χ3n) is 13.4. The van der Waals surface area contributed by atoms with E-state index in [0.29, 0.717) is 11.6 Å². The van der Waals surface area contributed by atoms with Crippen molar-refractivity contribution in [2.45, 2.75) is 50.5 Å². The van der Waals surface area contributed by atoms with Crippen LogP contribution in [0.1, 0.15) is 56.1 Å². The fourth-order valence-electron chi connectivity index (χ4n) is 10.4. The second-order valence-electron chi connectivity index (χ2n) is 16.3. The lowest BCUT2D eigenvalue weighted by atomic mass is 9.61. The molecule has 0 radical (unpaired) electrons. The minimum Gasteiger partial charge on any atom is -0.303 e. The fraction of sp³-hybridized carbons (Fsp3) is 0.148. The minimum atomic E-state index is -3.01. The summed E-state index contributed by atoms with van der Waals surface area (Å²) in [5, 5.41) is 4.74. The third-order valence-corrected chi connectivity index (χ3v) is 18.2. The maximum Gasteiger partial charge on any atom is 0.233 e. The molecule has 3 heterocycles. The minimum absolute atomic E-state index is 0.000544. The van der Waals surface area contributed by atoms with E-state index in [-0.39, 0.29) is 45.1 Å². The van der Waals surface area contributed by atoms with E-state index in [1.807, 2.05) is 30.3 Å². The van der Waals surface area contributed by atoms with Crippen molar-refractivity contribution < 1.29 is 11.0 Å². The van der Waals surface area contributed by atoms with Crippen LogP contribution in [0.25, 0.3) is 38.9 Å². The van der Waals surface area contributed by atoms with Crippen molar-refractivity contribution in [2.24, 2.45) is 0 Å². The molecule has 2 atom stereocenters. The van der Waals surface area contributed by atoms with Crippen LogP contribution in [-0.2, 0) is 5.41 Å². The largest absolute Gasteiger partial charge is 0.303 e. The smallest absolute Gasteiger partial charge is 0.233 e. The normalized spacial score (nSPS) is 20.7. The molecule has 4 nitrogen and oxygen atoms in total. The fourth-order valence-corrected chi connectivity index (χ4v) is 15.2. The van der Waals surface area contributed by atoms with E-state index in [0.717, 1.165) is 42.1 Å². The standard InChI is InChI=1S/C54H46N4Si/c1-53-35-18-19-36-54(53,2)58(50-34-17-14-31-46(50)53)52-55-47(38-51(56-52)57-48-32-15-12-29-44(48)45-30-13-16-33-49(45)57)39-21-20-28-43(37-39)59(40-22-6-3-7-23-40,41-24-8-4-9-25-41)42-26-10-5-11-27-42/h3-17,20-34,37-38H,18-19,35-36H2,1-2H3/i12D,13D,15D,16D,29D,30D,32D,33D. The number of benzene rings is 7. The van der Waals surface area contributed by atoms with Gasteiger partial charge in [-0.25, -0.2) is 4.98 Å². The summed E-state index contributed by atoms with van der Waals surface area (Å²) < 4.78 is 73.7. The number of hydrogen-bond acceptors (Lipinski definition) is 3. The highest BCUT2D eigenvalue weighted by Crippen LogP contribution is 2.60. The van der Waals surface area contributed by atoms with Gasteiger partial charge in [-0.05, 0) is 64.2 Å². The number of aromatic nitrogens is 3. The summed E-state index contributed by atoms with van der Waals surface area (Å²) in [5.74, 6) is 0.594. The first-order valence-corrected chi connectivity index (χ1v) is 22.4. The van der Waals surface area contributed by atoms with Gasteiger partial charge in [0.05, 0.1) is 33.2 Å². The molecule has 0 spiro atoms. The molecular weight excluding hydrogens is 733 g/mol. The van der Waals surface area contributed by atoms with Gasteiger partial charge in [0, 0.05) is 33.5 Å². The van der Waals surface area contributed by atoms with E-state index >= 15 is 0 Å². The van der Waals surface area contributed by atoms with Gasteiger partial charge in [-0.1, -0.05) is 189 Å². The lowest BCUT2D eigenvalue weighted by Crippen LogP contribution is -2.74. The average molecular weight is 787 g/mol. The summed E-state index contributed by atoms with van der Waals surface area (Å²) in [5.41, 5.74) is 2.83. The SMILES string of the molecule is [2H]c1c([2H])c([2H])c2c(c1[2H])c1c([2H])c([2H])c([2H])c([2H])c1n2-c1cc(-c2cccc([Si](c3ccccc3)(c3ccccc3)c3ccccc3)c2)nc(N2c3ccccc3C3(C)CCCCC23C)n1. The molecule has 0 N–H and O–H groups in total. The Morgan fingerprint density at radius 2 is 1.10 bits per heavy atom. The van der Waals surface area contributed by atoms with E-state index in [2.05, 4.69) is 128 Å². The van der Waals surface area contributed by atoms with Crippen LogP contribution in [0.4, 0.5) is 11.6 Å². The van der Waals surface area contributed by atoms with Crippen LogP contribution in [0.15, 0.2) is 194 Å². The van der Waals surface area contributed by atoms with E-state index in [1.54, 1.807) is 6.07 Å². The van der Waals surface area contributed by atoms with Crippen LogP contribution >= 0.6 is 0 Å². The van der Waals surface area contributed by atoms with Crippen molar-refractivity contribution in [1.82, 2.24) is 14.5 Å². The molecule has 1 saturated carbocycles. The van der Waals surface area contributed by atoms with E-state index < -0.39 is 49.9 Å². The Morgan fingerprint density at radius 1 is 0.559 bits per heavy atom. The van der Waals surface area contributed by atoms with E-state index in [9.17, 15) is 2.74 Å². The van der Waals surface area contributed by atoms with Gasteiger partial charge in [0.1, 0.15) is 5.82 Å². The molecule has 9 aromatic rings. The number of para-hydroxylation sites is 3. The maximum atomic E-state index is 9.37. The predicted molar refractivity (Wildman–Crippen MR) is 248 cm³/mol. The Morgan fingerprint density at radius 3 is 1.73 bits per heavy atom. The number of hydrogen-bond donors (Lipinski definition) is 0. The molecule has 59 heavy (non-hydrogen) atoms. The Balaban J connectivity index is 1.26. The molecule has 1 aliphatic carbocycles. The lowest BCUT2D eigenvalue weighted by Gasteiger charge is -2.49. The highest BCUT2D eigenvalue weighted by molar-refractivity contribution is 7.19. The zero-order valence-corrected chi connectivity index (χ0v) is 34.0. The summed E-state index contributed by atoms with van der Waals surface area (Å²) in [6.45, 7) is 4.62. The Kier molecular flexibility index (Phi) is 6.53. The second kappa shape index (κ2) is 13.8. The molecule has 7 aromatic carbocycles. The molecule has 0 saturated heterocycles. The number of nitrogens with zero attached hydrogens (tertiary/aromatic N) is 4. The van der Waals surface area contributed by atoms with Crippen molar-refractivity contribution in [1.29, 1.82) is 0 Å². The monoisotopic (exact) mass is 786 g/mol. The second-order valence-corrected chi connectivity index (χ2v) is 20.1. The van der Waals surface area contributed by atoms with Gasteiger partial charge in [-0.15, -0.1) is 0 Å². The summed E-state index contributed by atoms with van der Waals surface area (Å²) in [6.07, 6.45) is 3.92. The van der Waals surface area contributed by atoms with Crippen LogP contribution in [0.3, 0.4) is 0 Å². The highest BCUT2D eigenvalue weighted by atomic mass is 28.3. The van der Waals surface area contributed by atoms with E-state index in [1.165, 1.54) is 25.7 Å². The van der Waals surface area contributed by atoms with Crippen molar-refractivity contribution >= 4 is 62.3 Å². The van der Waals surface area contributed by atoms with Crippen LogP contribution in [-0.4, -0.2) is 28.1 Å². The van der Waals surface area contributed by atoms with Crippen LogP contribution in [0.5, 0.6) is 0 Å². The molecule has 5 heteroatoms. The summed E-state index contributed by atoms with van der Waals surface area (Å²) in [7, 11) is -3.01. The lowest BCUT2D eigenvalue weighted by molar-refractivity contribution is 0.193. The first kappa shape index (κ1) is 28.0.